The average Bonchev–Trinajstić information content (AvgIpc) is 2.77. The van der Waals surface area contributed by atoms with Gasteiger partial charge in [0.25, 0.3) is 0 Å². The van der Waals surface area contributed by atoms with Crippen LogP contribution in [0.25, 0.3) is 0 Å². The zero-order valence-corrected chi connectivity index (χ0v) is 18.4. The van der Waals surface area contributed by atoms with Gasteiger partial charge in [-0.1, -0.05) is 18.2 Å². The van der Waals surface area contributed by atoms with Crippen molar-refractivity contribution >= 4 is 41.1 Å². The first-order valence-electron chi connectivity index (χ1n) is 9.98. The third-order valence-electron chi connectivity index (χ3n) is 4.20. The van der Waals surface area contributed by atoms with E-state index < -0.39 is 29.8 Å². The van der Waals surface area contributed by atoms with Gasteiger partial charge in [0, 0.05) is 25.2 Å². The number of hydrogen-bond acceptors (Lipinski definition) is 8. The van der Waals surface area contributed by atoms with Crippen LogP contribution in [0.2, 0.25) is 0 Å². The molecule has 1 aliphatic heterocycles. The molecule has 11 heteroatoms. The zero-order chi connectivity index (χ0) is 23.3. The van der Waals surface area contributed by atoms with Crippen molar-refractivity contribution < 1.29 is 33.4 Å². The Kier molecular flexibility index (Phi) is 10.1. The van der Waals surface area contributed by atoms with E-state index in [-0.39, 0.29) is 31.4 Å². The average molecular weight is 464 g/mol. The number of benzene rings is 1. The van der Waals surface area contributed by atoms with Gasteiger partial charge in [0.1, 0.15) is 25.0 Å². The molecule has 2 amide bonds. The van der Waals surface area contributed by atoms with Gasteiger partial charge in [-0.2, -0.15) is 0 Å². The maximum Gasteiger partial charge on any atom is 0.330 e. The Morgan fingerprint density at radius 1 is 1.19 bits per heavy atom. The van der Waals surface area contributed by atoms with E-state index in [1.54, 1.807) is 19.1 Å². The number of para-hydroxylation sites is 1. The third-order valence-corrected chi connectivity index (χ3v) is 4.53. The summed E-state index contributed by atoms with van der Waals surface area (Å²) in [5.74, 6) is -1.69. The molecule has 0 spiro atoms. The van der Waals surface area contributed by atoms with Gasteiger partial charge in [0.05, 0.1) is 13.0 Å². The predicted molar refractivity (Wildman–Crippen MR) is 118 cm³/mol. The summed E-state index contributed by atoms with van der Waals surface area (Å²) in [4.78, 5) is 49.2. The molecule has 1 unspecified atom stereocenters. The molecule has 0 radical (unpaired) electrons. The normalized spacial score (nSPS) is 15.6. The largest absolute Gasteiger partial charge is 0.490 e. The zero-order valence-electron chi connectivity index (χ0n) is 17.6. The second kappa shape index (κ2) is 13.1. The fourth-order valence-corrected chi connectivity index (χ4v) is 3.08. The first-order valence-corrected chi connectivity index (χ1v) is 10.4. The first kappa shape index (κ1) is 24.8. The van der Waals surface area contributed by atoms with Gasteiger partial charge in [-0.25, -0.2) is 4.79 Å². The molecule has 32 heavy (non-hydrogen) atoms. The molecule has 1 aromatic carbocycles. The number of nitrogens with zero attached hydrogens (tertiary/aromatic N) is 1. The van der Waals surface area contributed by atoms with Crippen molar-refractivity contribution in [3.05, 3.63) is 42.5 Å². The fourth-order valence-electron chi connectivity index (χ4n) is 2.76. The Labute approximate surface area is 190 Å². The van der Waals surface area contributed by atoms with Crippen LogP contribution in [0.4, 0.5) is 0 Å². The van der Waals surface area contributed by atoms with Crippen LogP contribution in [0.1, 0.15) is 13.3 Å². The number of rotatable bonds is 9. The fraction of sp³-hybridized carbons (Fsp3) is 0.381. The number of nitrogens with one attached hydrogen (secondary N) is 2. The van der Waals surface area contributed by atoms with Crippen LogP contribution in [-0.4, -0.2) is 72.7 Å². The van der Waals surface area contributed by atoms with Gasteiger partial charge >= 0.3 is 11.9 Å². The lowest BCUT2D eigenvalue weighted by Crippen LogP contribution is -2.60. The Balaban J connectivity index is 1.84. The second-order valence-corrected chi connectivity index (χ2v) is 6.85. The first-order chi connectivity index (χ1) is 15.4. The van der Waals surface area contributed by atoms with Crippen molar-refractivity contribution in [3.63, 3.8) is 0 Å². The number of piperazine rings is 1. The van der Waals surface area contributed by atoms with E-state index in [1.165, 1.54) is 4.90 Å². The van der Waals surface area contributed by atoms with E-state index in [4.69, 9.17) is 26.4 Å². The van der Waals surface area contributed by atoms with Crippen molar-refractivity contribution in [2.75, 3.05) is 32.9 Å². The van der Waals surface area contributed by atoms with Gasteiger partial charge in [-0.05, 0) is 31.3 Å². The number of amides is 2. The minimum atomic E-state index is -0.937. The lowest BCUT2D eigenvalue weighted by Gasteiger charge is -2.36. The SMILES string of the molecule is CCOC(=O)/C=C/C(=O)NC(=S)N1CCNC(=O)C1CC(=O)OCCOc1ccccc1. The topological polar surface area (TPSA) is 123 Å². The summed E-state index contributed by atoms with van der Waals surface area (Å²) < 4.78 is 15.3. The third kappa shape index (κ3) is 8.34. The summed E-state index contributed by atoms with van der Waals surface area (Å²) in [5, 5.41) is 5.03. The lowest BCUT2D eigenvalue weighted by atomic mass is 10.1. The summed E-state index contributed by atoms with van der Waals surface area (Å²) >= 11 is 5.22. The number of esters is 2. The molecule has 0 aromatic heterocycles. The van der Waals surface area contributed by atoms with Crippen molar-refractivity contribution in [3.8, 4) is 5.75 Å². The molecule has 1 atom stereocenters. The van der Waals surface area contributed by atoms with Gasteiger partial charge < -0.3 is 24.4 Å². The maximum atomic E-state index is 12.3. The number of carbonyl (C=O) groups is 4. The molecule has 1 saturated heterocycles. The summed E-state index contributed by atoms with van der Waals surface area (Å²) in [6.45, 7) is 2.59. The van der Waals surface area contributed by atoms with Crippen LogP contribution in [0.5, 0.6) is 5.75 Å². The highest BCUT2D eigenvalue weighted by Gasteiger charge is 2.34. The molecule has 172 valence electrons. The van der Waals surface area contributed by atoms with Crippen molar-refractivity contribution in [1.29, 1.82) is 0 Å². The van der Waals surface area contributed by atoms with Gasteiger partial charge in [0.15, 0.2) is 5.11 Å². The predicted octanol–water partition coefficient (Wildman–Crippen LogP) is 0.320. The summed E-state index contributed by atoms with van der Waals surface area (Å²) in [6.07, 6.45) is 1.69. The molecule has 1 aromatic rings. The van der Waals surface area contributed by atoms with Gasteiger partial charge in [-0.15, -0.1) is 0 Å². The Morgan fingerprint density at radius 2 is 1.94 bits per heavy atom. The number of thiocarbonyl (C=S) groups is 1. The number of ether oxygens (including phenoxy) is 3. The minimum Gasteiger partial charge on any atom is -0.490 e. The van der Waals surface area contributed by atoms with E-state index in [1.807, 2.05) is 18.2 Å². The molecular weight excluding hydrogens is 438 g/mol. The van der Waals surface area contributed by atoms with Crippen LogP contribution in [0, 0.1) is 0 Å². The van der Waals surface area contributed by atoms with Crippen molar-refractivity contribution in [2.45, 2.75) is 19.4 Å². The summed E-state index contributed by atoms with van der Waals surface area (Å²) in [6, 6.07) is 8.13. The molecule has 0 aliphatic carbocycles. The van der Waals surface area contributed by atoms with Crippen molar-refractivity contribution in [2.24, 2.45) is 0 Å². The van der Waals surface area contributed by atoms with Crippen LogP contribution in [0.15, 0.2) is 42.5 Å². The molecule has 1 aliphatic rings. The van der Waals surface area contributed by atoms with E-state index in [0.717, 1.165) is 12.2 Å². The minimum absolute atomic E-state index is 0.0158. The second-order valence-electron chi connectivity index (χ2n) is 6.47. The Hall–Kier alpha value is -3.47. The van der Waals surface area contributed by atoms with Crippen molar-refractivity contribution in [1.82, 2.24) is 15.5 Å². The summed E-state index contributed by atoms with van der Waals surface area (Å²) in [7, 11) is 0. The van der Waals surface area contributed by atoms with Gasteiger partial charge in [-0.3, -0.25) is 19.7 Å². The molecule has 1 fully saturated rings. The van der Waals surface area contributed by atoms with E-state index >= 15 is 0 Å². The molecule has 0 saturated carbocycles. The molecular formula is C21H25N3O7S. The van der Waals surface area contributed by atoms with E-state index in [2.05, 4.69) is 10.6 Å². The van der Waals surface area contributed by atoms with E-state index in [0.29, 0.717) is 18.8 Å². The van der Waals surface area contributed by atoms with Crippen LogP contribution >= 0.6 is 12.2 Å². The highest BCUT2D eigenvalue weighted by Crippen LogP contribution is 2.11. The van der Waals surface area contributed by atoms with Gasteiger partial charge in [0.2, 0.25) is 11.8 Å². The van der Waals surface area contributed by atoms with E-state index in [9.17, 15) is 19.2 Å². The van der Waals surface area contributed by atoms with Crippen LogP contribution in [0.3, 0.4) is 0 Å². The molecule has 0 bridgehead atoms. The smallest absolute Gasteiger partial charge is 0.330 e. The maximum absolute atomic E-state index is 12.3. The molecule has 2 N–H and O–H groups in total. The summed E-state index contributed by atoms with van der Waals surface area (Å²) in [5.41, 5.74) is 0. The Morgan fingerprint density at radius 3 is 2.66 bits per heavy atom. The Bertz CT molecular complexity index is 860. The quantitative estimate of drug-likeness (QED) is 0.231. The van der Waals surface area contributed by atoms with Crippen LogP contribution < -0.4 is 15.4 Å². The highest BCUT2D eigenvalue weighted by atomic mass is 32.1. The molecule has 2 rings (SSSR count). The molecule has 10 nitrogen and oxygen atoms in total. The number of hydrogen-bond donors (Lipinski definition) is 2. The highest BCUT2D eigenvalue weighted by molar-refractivity contribution is 7.80. The standard InChI is InChI=1S/C21H25N3O7S/c1-2-29-18(26)9-8-17(25)23-21(32)24-11-10-22-20(28)16(24)14-19(27)31-13-12-30-15-6-4-3-5-7-15/h3-9,16H,2,10-14H2,1H3,(H,22,28)(H,23,25,32)/b9-8+. The number of carbonyl (C=O) groups excluding carboxylic acids is 4. The molecule has 1 heterocycles. The monoisotopic (exact) mass is 463 g/mol. The van der Waals surface area contributed by atoms with Crippen LogP contribution in [-0.2, 0) is 28.7 Å². The lowest BCUT2D eigenvalue weighted by molar-refractivity contribution is -0.148.